The number of aryl methyl sites for hydroxylation is 1. The molecular weight excluding hydrogens is 232 g/mol. The number of carboxylic acid groups (broad SMARTS) is 1. The van der Waals surface area contributed by atoms with Gasteiger partial charge in [0.15, 0.2) is 0 Å². The van der Waals surface area contributed by atoms with Crippen LogP contribution in [0.15, 0.2) is 21.9 Å². The van der Waals surface area contributed by atoms with Gasteiger partial charge in [0.05, 0.1) is 12.0 Å². The molecule has 0 aliphatic rings. The van der Waals surface area contributed by atoms with Crippen molar-refractivity contribution in [3.8, 4) is 0 Å². The molecule has 84 valence electrons. The van der Waals surface area contributed by atoms with E-state index < -0.39 is 5.97 Å². The molecule has 0 fully saturated rings. The normalized spacial score (nSPS) is 10.6. The Morgan fingerprint density at radius 3 is 3.12 bits per heavy atom. The fourth-order valence-corrected chi connectivity index (χ4v) is 1.92. The minimum atomic E-state index is -1.000. The van der Waals surface area contributed by atoms with Crippen LogP contribution in [0.1, 0.15) is 16.1 Å². The Labute approximate surface area is 94.4 Å². The minimum Gasteiger partial charge on any atom is -0.478 e. The van der Waals surface area contributed by atoms with Crippen LogP contribution < -0.4 is 0 Å². The van der Waals surface area contributed by atoms with Gasteiger partial charge in [0.1, 0.15) is 11.3 Å². The Morgan fingerprint density at radius 1 is 1.69 bits per heavy atom. The zero-order valence-corrected chi connectivity index (χ0v) is 9.14. The van der Waals surface area contributed by atoms with E-state index in [9.17, 15) is 4.79 Å². The summed E-state index contributed by atoms with van der Waals surface area (Å²) in [6, 6.07) is 1.42. The van der Waals surface area contributed by atoms with Crippen LogP contribution in [-0.2, 0) is 12.8 Å². The maximum absolute atomic E-state index is 10.8. The number of tetrazole rings is 1. The molecule has 0 bridgehead atoms. The molecule has 0 amide bonds. The average molecular weight is 240 g/mol. The SMILES string of the molecule is Cn1nnnc1SCc1occc1C(=O)O. The monoisotopic (exact) mass is 240 g/mol. The van der Waals surface area contributed by atoms with E-state index in [2.05, 4.69) is 15.5 Å². The molecule has 0 aliphatic carbocycles. The van der Waals surface area contributed by atoms with E-state index in [-0.39, 0.29) is 5.56 Å². The molecule has 0 saturated heterocycles. The van der Waals surface area contributed by atoms with Gasteiger partial charge in [0, 0.05) is 7.05 Å². The smallest absolute Gasteiger partial charge is 0.339 e. The number of carbonyl (C=O) groups is 1. The fraction of sp³-hybridized carbons (Fsp3) is 0.250. The van der Waals surface area contributed by atoms with Gasteiger partial charge >= 0.3 is 5.97 Å². The zero-order chi connectivity index (χ0) is 11.5. The molecular formula is C8H8N4O3S. The number of thioether (sulfide) groups is 1. The van der Waals surface area contributed by atoms with Crippen molar-refractivity contribution in [1.29, 1.82) is 0 Å². The molecule has 0 aliphatic heterocycles. The van der Waals surface area contributed by atoms with Crippen LogP contribution in [0.4, 0.5) is 0 Å². The highest BCUT2D eigenvalue weighted by atomic mass is 32.2. The van der Waals surface area contributed by atoms with Gasteiger partial charge in [-0.25, -0.2) is 9.48 Å². The van der Waals surface area contributed by atoms with Gasteiger partial charge in [0.2, 0.25) is 5.16 Å². The number of hydrogen-bond donors (Lipinski definition) is 1. The number of rotatable bonds is 4. The van der Waals surface area contributed by atoms with Crippen molar-refractivity contribution >= 4 is 17.7 Å². The maximum Gasteiger partial charge on any atom is 0.339 e. The fourth-order valence-electron chi connectivity index (χ4n) is 1.12. The van der Waals surface area contributed by atoms with Crippen molar-refractivity contribution < 1.29 is 14.3 Å². The molecule has 0 saturated carbocycles. The van der Waals surface area contributed by atoms with E-state index in [1.54, 1.807) is 7.05 Å². The summed E-state index contributed by atoms with van der Waals surface area (Å²) >= 11 is 1.31. The molecule has 7 nitrogen and oxygen atoms in total. The standard InChI is InChI=1S/C8H8N4O3S/c1-12-8(9-10-11-12)16-4-6-5(7(13)14)2-3-15-6/h2-3H,4H2,1H3,(H,13,14). The summed E-state index contributed by atoms with van der Waals surface area (Å²) in [4.78, 5) is 10.8. The average Bonchev–Trinajstić information content (AvgIpc) is 2.83. The largest absolute Gasteiger partial charge is 0.478 e. The van der Waals surface area contributed by atoms with Crippen LogP contribution in [0.2, 0.25) is 0 Å². The van der Waals surface area contributed by atoms with Crippen molar-refractivity contribution in [3.63, 3.8) is 0 Å². The van der Waals surface area contributed by atoms with E-state index in [0.717, 1.165) is 0 Å². The van der Waals surface area contributed by atoms with Crippen molar-refractivity contribution in [2.24, 2.45) is 7.05 Å². The van der Waals surface area contributed by atoms with Gasteiger partial charge in [-0.3, -0.25) is 0 Å². The Balaban J connectivity index is 2.08. The second-order valence-corrected chi connectivity index (χ2v) is 3.88. The minimum absolute atomic E-state index is 0.169. The number of carboxylic acids is 1. The van der Waals surface area contributed by atoms with E-state index in [1.165, 1.54) is 28.8 Å². The molecule has 0 radical (unpaired) electrons. The molecule has 1 N–H and O–H groups in total. The summed E-state index contributed by atoms with van der Waals surface area (Å²) in [5.41, 5.74) is 0.169. The molecule has 0 atom stereocenters. The third-order valence-corrected chi connectivity index (χ3v) is 2.90. The lowest BCUT2D eigenvalue weighted by Gasteiger charge is -1.98. The van der Waals surface area contributed by atoms with Crippen LogP contribution in [0.25, 0.3) is 0 Å². The van der Waals surface area contributed by atoms with E-state index in [1.807, 2.05) is 0 Å². The van der Waals surface area contributed by atoms with Gasteiger partial charge < -0.3 is 9.52 Å². The predicted molar refractivity (Wildman–Crippen MR) is 54.0 cm³/mol. The van der Waals surface area contributed by atoms with E-state index in [4.69, 9.17) is 9.52 Å². The Hall–Kier alpha value is -1.83. The molecule has 16 heavy (non-hydrogen) atoms. The lowest BCUT2D eigenvalue weighted by molar-refractivity contribution is 0.0695. The summed E-state index contributed by atoms with van der Waals surface area (Å²) in [6.45, 7) is 0. The van der Waals surface area contributed by atoms with Crippen molar-refractivity contribution in [1.82, 2.24) is 20.2 Å². The zero-order valence-electron chi connectivity index (χ0n) is 8.32. The van der Waals surface area contributed by atoms with Gasteiger partial charge in [-0.15, -0.1) is 5.10 Å². The van der Waals surface area contributed by atoms with E-state index >= 15 is 0 Å². The summed E-state index contributed by atoms with van der Waals surface area (Å²) in [7, 11) is 1.71. The Morgan fingerprint density at radius 2 is 2.50 bits per heavy atom. The number of furan rings is 1. The summed E-state index contributed by atoms with van der Waals surface area (Å²) in [5, 5.41) is 20.4. The van der Waals surface area contributed by atoms with Crippen LogP contribution in [-0.4, -0.2) is 31.3 Å². The Kier molecular flexibility index (Phi) is 2.91. The quantitative estimate of drug-likeness (QED) is 0.789. The van der Waals surface area contributed by atoms with Crippen molar-refractivity contribution in [2.45, 2.75) is 10.9 Å². The second kappa shape index (κ2) is 4.35. The first-order valence-corrected chi connectivity index (χ1v) is 5.32. The molecule has 0 aromatic carbocycles. The molecule has 2 aromatic heterocycles. The summed E-state index contributed by atoms with van der Waals surface area (Å²) in [5.74, 6) is -0.219. The van der Waals surface area contributed by atoms with Crippen LogP contribution >= 0.6 is 11.8 Å². The first kappa shape index (κ1) is 10.7. The van der Waals surface area contributed by atoms with Crippen molar-refractivity contribution in [2.75, 3.05) is 0 Å². The number of aromatic carboxylic acids is 1. The predicted octanol–water partition coefficient (Wildman–Crippen LogP) is 0.794. The number of hydrogen-bond acceptors (Lipinski definition) is 6. The van der Waals surface area contributed by atoms with Crippen LogP contribution in [0.5, 0.6) is 0 Å². The van der Waals surface area contributed by atoms with Gasteiger partial charge in [-0.05, 0) is 16.5 Å². The Bertz CT molecular complexity index is 507. The number of aromatic nitrogens is 4. The highest BCUT2D eigenvalue weighted by Crippen LogP contribution is 2.22. The van der Waals surface area contributed by atoms with Crippen molar-refractivity contribution in [3.05, 3.63) is 23.7 Å². The topological polar surface area (TPSA) is 94.0 Å². The molecule has 2 rings (SSSR count). The first-order valence-electron chi connectivity index (χ1n) is 4.33. The third-order valence-electron chi connectivity index (χ3n) is 1.89. The van der Waals surface area contributed by atoms with Crippen LogP contribution in [0.3, 0.4) is 0 Å². The second-order valence-electron chi connectivity index (χ2n) is 2.94. The third kappa shape index (κ3) is 2.06. The lowest BCUT2D eigenvalue weighted by Crippen LogP contribution is -1.98. The van der Waals surface area contributed by atoms with Crippen LogP contribution in [0, 0.1) is 0 Å². The highest BCUT2D eigenvalue weighted by molar-refractivity contribution is 7.98. The van der Waals surface area contributed by atoms with Gasteiger partial charge in [-0.2, -0.15) is 0 Å². The van der Waals surface area contributed by atoms with E-state index in [0.29, 0.717) is 16.7 Å². The first-order chi connectivity index (χ1) is 7.68. The van der Waals surface area contributed by atoms with Gasteiger partial charge in [0.25, 0.3) is 0 Å². The van der Waals surface area contributed by atoms with Gasteiger partial charge in [-0.1, -0.05) is 11.8 Å². The molecule has 0 unspecified atom stereocenters. The molecule has 2 aromatic rings. The summed E-state index contributed by atoms with van der Waals surface area (Å²) < 4.78 is 6.59. The maximum atomic E-state index is 10.8. The number of nitrogens with zero attached hydrogens (tertiary/aromatic N) is 4. The summed E-state index contributed by atoms with van der Waals surface area (Å²) in [6.07, 6.45) is 1.36. The molecule has 0 spiro atoms. The lowest BCUT2D eigenvalue weighted by atomic mass is 10.3. The highest BCUT2D eigenvalue weighted by Gasteiger charge is 2.14. The molecule has 2 heterocycles. The molecule has 8 heteroatoms.